The average molecular weight is 465 g/mol. The molecule has 1 saturated heterocycles. The van der Waals surface area contributed by atoms with Crippen molar-refractivity contribution in [3.8, 4) is 0 Å². The molecule has 6 heteroatoms. The van der Waals surface area contributed by atoms with Gasteiger partial charge in [-0.05, 0) is 61.2 Å². The van der Waals surface area contributed by atoms with Crippen molar-refractivity contribution in [2.75, 3.05) is 31.5 Å². The number of rotatable bonds is 7. The molecule has 1 aromatic heterocycles. The van der Waals surface area contributed by atoms with Gasteiger partial charge in [-0.2, -0.15) is 0 Å². The zero-order valence-corrected chi connectivity index (χ0v) is 20.5. The van der Waals surface area contributed by atoms with Crippen LogP contribution in [-0.4, -0.2) is 42.0 Å². The number of anilines is 2. The quantitative estimate of drug-likeness (QED) is 0.418. The molecule has 1 aliphatic heterocycles. The lowest BCUT2D eigenvalue weighted by molar-refractivity contribution is 0.0948. The second-order valence-corrected chi connectivity index (χ2v) is 9.88. The van der Waals surface area contributed by atoms with E-state index in [1.165, 1.54) is 6.42 Å². The van der Waals surface area contributed by atoms with E-state index in [0.717, 1.165) is 59.9 Å². The van der Waals surface area contributed by atoms with Crippen LogP contribution in [0.2, 0.25) is 5.02 Å². The van der Waals surface area contributed by atoms with Crippen LogP contribution in [0.25, 0.3) is 10.8 Å². The lowest BCUT2D eigenvalue weighted by Crippen LogP contribution is -2.40. The Morgan fingerprint density at radius 2 is 1.85 bits per heavy atom. The Balaban J connectivity index is 1.42. The summed E-state index contributed by atoms with van der Waals surface area (Å²) >= 11 is 6.27. The Hall–Kier alpha value is -2.63. The van der Waals surface area contributed by atoms with Gasteiger partial charge in [0, 0.05) is 41.9 Å². The minimum atomic E-state index is -0.0796. The summed E-state index contributed by atoms with van der Waals surface area (Å²) in [5.74, 6) is 2.13. The van der Waals surface area contributed by atoms with E-state index < -0.39 is 0 Å². The first-order chi connectivity index (χ1) is 15.9. The first-order valence-electron chi connectivity index (χ1n) is 11.8. The van der Waals surface area contributed by atoms with Gasteiger partial charge in [-0.15, -0.1) is 0 Å². The van der Waals surface area contributed by atoms with Crippen LogP contribution in [0.4, 0.5) is 11.5 Å². The highest BCUT2D eigenvalue weighted by atomic mass is 35.5. The lowest BCUT2D eigenvalue weighted by Gasteiger charge is -2.34. The zero-order valence-electron chi connectivity index (χ0n) is 19.7. The number of carbonyl (C=O) groups is 1. The van der Waals surface area contributed by atoms with E-state index in [1.807, 2.05) is 49.4 Å². The van der Waals surface area contributed by atoms with Crippen LogP contribution in [0.3, 0.4) is 0 Å². The number of halogens is 1. The van der Waals surface area contributed by atoms with Crippen LogP contribution in [0.5, 0.6) is 0 Å². The number of aromatic nitrogens is 1. The number of carbonyl (C=O) groups excluding carboxylic acids is 1. The summed E-state index contributed by atoms with van der Waals surface area (Å²) in [6, 6.07) is 13.7. The number of nitrogens with one attached hydrogen (secondary N) is 2. The van der Waals surface area contributed by atoms with Gasteiger partial charge in [0.1, 0.15) is 5.82 Å². The summed E-state index contributed by atoms with van der Waals surface area (Å²) in [5.41, 5.74) is 2.48. The first kappa shape index (κ1) is 23.5. The van der Waals surface area contributed by atoms with Crippen LogP contribution in [0, 0.1) is 18.8 Å². The number of aryl methyl sites for hydroxylation is 1. The molecule has 3 aromatic rings. The van der Waals surface area contributed by atoms with Crippen LogP contribution in [0.1, 0.15) is 42.6 Å². The second kappa shape index (κ2) is 10.5. The zero-order chi connectivity index (χ0) is 23.4. The van der Waals surface area contributed by atoms with Crippen LogP contribution >= 0.6 is 11.6 Å². The van der Waals surface area contributed by atoms with Gasteiger partial charge >= 0.3 is 0 Å². The molecule has 0 saturated carbocycles. The number of hydrogen-bond acceptors (Lipinski definition) is 4. The second-order valence-electron chi connectivity index (χ2n) is 9.47. The van der Waals surface area contributed by atoms with Gasteiger partial charge in [-0.3, -0.25) is 4.79 Å². The van der Waals surface area contributed by atoms with Crippen molar-refractivity contribution in [2.45, 2.75) is 33.6 Å². The molecule has 0 radical (unpaired) electrons. The van der Waals surface area contributed by atoms with Crippen molar-refractivity contribution in [3.05, 3.63) is 64.8 Å². The number of amides is 1. The van der Waals surface area contributed by atoms with Gasteiger partial charge in [0.25, 0.3) is 5.91 Å². The SMILES string of the molecule is Cc1ccc(Nc2ncc(C(=O)NCCCN3C[C@@H](C)C[C@H](C)C3)c3ccccc23)cc1Cl. The van der Waals surface area contributed by atoms with E-state index in [0.29, 0.717) is 22.9 Å². The lowest BCUT2D eigenvalue weighted by atomic mass is 9.92. The summed E-state index contributed by atoms with van der Waals surface area (Å²) < 4.78 is 0. The third kappa shape index (κ3) is 5.84. The number of hydrogen-bond donors (Lipinski definition) is 2. The molecule has 4 rings (SSSR count). The molecule has 0 aliphatic carbocycles. The van der Waals surface area contributed by atoms with Gasteiger partial charge < -0.3 is 15.5 Å². The van der Waals surface area contributed by atoms with Crippen molar-refractivity contribution >= 4 is 39.8 Å². The summed E-state index contributed by atoms with van der Waals surface area (Å²) in [5, 5.41) is 8.92. The molecule has 2 aromatic carbocycles. The predicted molar refractivity (Wildman–Crippen MR) is 138 cm³/mol. The fourth-order valence-corrected chi connectivity index (χ4v) is 5.04. The molecule has 0 unspecified atom stereocenters. The van der Waals surface area contributed by atoms with E-state index in [2.05, 4.69) is 34.4 Å². The maximum Gasteiger partial charge on any atom is 0.253 e. The molecule has 2 heterocycles. The molecule has 2 atom stereocenters. The first-order valence-corrected chi connectivity index (χ1v) is 12.2. The average Bonchev–Trinajstić information content (AvgIpc) is 2.78. The van der Waals surface area contributed by atoms with E-state index >= 15 is 0 Å². The third-order valence-corrected chi connectivity index (χ3v) is 6.76. The van der Waals surface area contributed by atoms with Crippen LogP contribution in [-0.2, 0) is 0 Å². The third-order valence-electron chi connectivity index (χ3n) is 6.36. The highest BCUT2D eigenvalue weighted by Gasteiger charge is 2.21. The highest BCUT2D eigenvalue weighted by molar-refractivity contribution is 6.31. The molecule has 1 amide bonds. The van der Waals surface area contributed by atoms with Gasteiger partial charge in [-0.25, -0.2) is 4.98 Å². The summed E-state index contributed by atoms with van der Waals surface area (Å²) in [4.78, 5) is 20.1. The number of benzene rings is 2. The monoisotopic (exact) mass is 464 g/mol. The van der Waals surface area contributed by atoms with Gasteiger partial charge in [0.05, 0.1) is 5.56 Å². The Kier molecular flexibility index (Phi) is 7.51. The number of likely N-dealkylation sites (tertiary alicyclic amines) is 1. The maximum absolute atomic E-state index is 13.0. The predicted octanol–water partition coefficient (Wildman–Crippen LogP) is 6.04. The molecule has 0 spiro atoms. The normalized spacial score (nSPS) is 18.9. The summed E-state index contributed by atoms with van der Waals surface area (Å²) in [6.07, 6.45) is 3.92. The smallest absolute Gasteiger partial charge is 0.253 e. The molecule has 0 bridgehead atoms. The summed E-state index contributed by atoms with van der Waals surface area (Å²) in [7, 11) is 0. The number of nitrogens with zero attached hydrogens (tertiary/aromatic N) is 2. The molecule has 5 nitrogen and oxygen atoms in total. The minimum absolute atomic E-state index is 0.0796. The molecular weight excluding hydrogens is 432 g/mol. The van der Waals surface area contributed by atoms with E-state index in [1.54, 1.807) is 6.20 Å². The van der Waals surface area contributed by atoms with E-state index in [-0.39, 0.29) is 5.91 Å². The Bertz CT molecular complexity index is 1120. The van der Waals surface area contributed by atoms with Crippen LogP contribution < -0.4 is 10.6 Å². The topological polar surface area (TPSA) is 57.3 Å². The molecule has 2 N–H and O–H groups in total. The molecule has 174 valence electrons. The molecular formula is C27H33ClN4O. The van der Waals surface area contributed by atoms with Crippen LogP contribution in [0.15, 0.2) is 48.7 Å². The maximum atomic E-state index is 13.0. The van der Waals surface area contributed by atoms with Gasteiger partial charge in [0.2, 0.25) is 0 Å². The fraction of sp³-hybridized carbons (Fsp3) is 0.407. The number of fused-ring (bicyclic) bond motifs is 1. The van der Waals surface area contributed by atoms with E-state index in [9.17, 15) is 4.79 Å². The highest BCUT2D eigenvalue weighted by Crippen LogP contribution is 2.29. The molecule has 1 fully saturated rings. The van der Waals surface area contributed by atoms with Crippen molar-refractivity contribution in [1.29, 1.82) is 0 Å². The van der Waals surface area contributed by atoms with Gasteiger partial charge in [-0.1, -0.05) is 55.8 Å². The largest absolute Gasteiger partial charge is 0.352 e. The van der Waals surface area contributed by atoms with Crippen molar-refractivity contribution < 1.29 is 4.79 Å². The Labute approximate surface area is 201 Å². The fourth-order valence-electron chi connectivity index (χ4n) is 4.85. The standard InChI is InChI=1S/C27H33ClN4O/c1-18-13-19(2)17-32(16-18)12-6-11-29-27(33)24-15-30-26(23-8-5-4-7-22(23)24)31-21-10-9-20(3)25(28)14-21/h4-5,7-10,14-15,18-19H,6,11-13,16-17H2,1-3H3,(H,29,33)(H,30,31)/t18-,19-/m0/s1. The van der Waals surface area contributed by atoms with Crippen molar-refractivity contribution in [3.63, 3.8) is 0 Å². The minimum Gasteiger partial charge on any atom is -0.352 e. The summed E-state index contributed by atoms with van der Waals surface area (Å²) in [6.45, 7) is 10.6. The molecule has 33 heavy (non-hydrogen) atoms. The van der Waals surface area contributed by atoms with Gasteiger partial charge in [0.15, 0.2) is 0 Å². The van der Waals surface area contributed by atoms with Crippen molar-refractivity contribution in [2.24, 2.45) is 11.8 Å². The number of piperidine rings is 1. The molecule has 1 aliphatic rings. The number of pyridine rings is 1. The Morgan fingerprint density at radius 1 is 1.12 bits per heavy atom. The van der Waals surface area contributed by atoms with E-state index in [4.69, 9.17) is 11.6 Å². The van der Waals surface area contributed by atoms with Crippen molar-refractivity contribution in [1.82, 2.24) is 15.2 Å². The Morgan fingerprint density at radius 3 is 2.58 bits per heavy atom.